The van der Waals surface area contributed by atoms with E-state index in [0.717, 1.165) is 23.2 Å². The molecule has 2 nitrogen and oxygen atoms in total. The number of hydrogen-bond donors (Lipinski definition) is 0. The van der Waals surface area contributed by atoms with Crippen molar-refractivity contribution in [2.45, 2.75) is 6.42 Å². The van der Waals surface area contributed by atoms with Gasteiger partial charge in [0.1, 0.15) is 0 Å². The van der Waals surface area contributed by atoms with E-state index in [1.165, 1.54) is 27.3 Å². The molecule has 0 saturated heterocycles. The first-order valence-corrected chi connectivity index (χ1v) is 9.13. The summed E-state index contributed by atoms with van der Waals surface area (Å²) in [6.07, 6.45) is 4.59. The third kappa shape index (κ3) is 3.06. The van der Waals surface area contributed by atoms with E-state index < -0.39 is 0 Å². The van der Waals surface area contributed by atoms with Crippen molar-refractivity contribution in [2.75, 3.05) is 0 Å². The number of benzene rings is 3. The quantitative estimate of drug-likeness (QED) is 0.372. The molecule has 2 heterocycles. The van der Waals surface area contributed by atoms with E-state index >= 15 is 0 Å². The summed E-state index contributed by atoms with van der Waals surface area (Å²) in [5.41, 5.74) is 5.80. The molecule has 0 fully saturated rings. The maximum Gasteiger partial charge on any atom is 0.0780 e. The van der Waals surface area contributed by atoms with E-state index in [0.29, 0.717) is 0 Å². The fourth-order valence-corrected chi connectivity index (χ4v) is 3.63. The van der Waals surface area contributed by atoms with Crippen LogP contribution in [0.3, 0.4) is 0 Å². The average Bonchev–Trinajstić information content (AvgIpc) is 2.74. The Kier molecular flexibility index (Phi) is 3.87. The molecule has 5 aromatic rings. The highest BCUT2D eigenvalue weighted by molar-refractivity contribution is 6.05. The Labute approximate surface area is 158 Å². The van der Waals surface area contributed by atoms with E-state index in [-0.39, 0.29) is 0 Å². The number of fused-ring (bicyclic) bond motifs is 3. The van der Waals surface area contributed by atoms with Gasteiger partial charge in [-0.25, -0.2) is 0 Å². The van der Waals surface area contributed by atoms with Gasteiger partial charge in [0.25, 0.3) is 0 Å². The Morgan fingerprint density at radius 3 is 2.37 bits per heavy atom. The zero-order chi connectivity index (χ0) is 18.1. The molecule has 0 spiro atoms. The lowest BCUT2D eigenvalue weighted by molar-refractivity contribution is 1.20. The molecule has 0 aliphatic carbocycles. The Hall–Kier alpha value is -3.52. The van der Waals surface area contributed by atoms with Crippen LogP contribution in [-0.4, -0.2) is 9.97 Å². The summed E-state index contributed by atoms with van der Waals surface area (Å²) in [5.74, 6) is 0. The van der Waals surface area contributed by atoms with Gasteiger partial charge in [-0.15, -0.1) is 0 Å². The van der Waals surface area contributed by atoms with Gasteiger partial charge in [0, 0.05) is 28.7 Å². The van der Waals surface area contributed by atoms with Gasteiger partial charge in [0.15, 0.2) is 0 Å². The van der Waals surface area contributed by atoms with Crippen LogP contribution in [0, 0.1) is 0 Å². The average molecular weight is 346 g/mol. The number of nitrogens with zero attached hydrogens (tertiary/aromatic N) is 2. The zero-order valence-corrected chi connectivity index (χ0v) is 14.8. The third-order valence-electron chi connectivity index (χ3n) is 4.95. The molecule has 5 rings (SSSR count). The second kappa shape index (κ2) is 6.65. The highest BCUT2D eigenvalue weighted by Crippen LogP contribution is 2.26. The molecular weight excluding hydrogens is 328 g/mol. The van der Waals surface area contributed by atoms with Crippen molar-refractivity contribution in [2.24, 2.45) is 0 Å². The van der Waals surface area contributed by atoms with E-state index in [1.54, 1.807) is 0 Å². The van der Waals surface area contributed by atoms with Crippen molar-refractivity contribution in [3.8, 4) is 11.3 Å². The Balaban J connectivity index is 1.54. The normalized spacial score (nSPS) is 11.1. The van der Waals surface area contributed by atoms with Crippen molar-refractivity contribution >= 4 is 21.7 Å². The van der Waals surface area contributed by atoms with Crippen molar-refractivity contribution in [1.82, 2.24) is 9.97 Å². The van der Waals surface area contributed by atoms with E-state index in [4.69, 9.17) is 0 Å². The first-order valence-electron chi connectivity index (χ1n) is 9.13. The first kappa shape index (κ1) is 15.7. The first-order chi connectivity index (χ1) is 13.4. The van der Waals surface area contributed by atoms with E-state index in [2.05, 4.69) is 70.6 Å². The molecular formula is C25H18N2. The van der Waals surface area contributed by atoms with Gasteiger partial charge in [-0.05, 0) is 53.3 Å². The number of pyridine rings is 2. The lowest BCUT2D eigenvalue weighted by Crippen LogP contribution is -1.91. The summed E-state index contributed by atoms with van der Waals surface area (Å²) < 4.78 is 0. The predicted octanol–water partition coefficient (Wildman–Crippen LogP) is 6.04. The van der Waals surface area contributed by atoms with Gasteiger partial charge in [-0.2, -0.15) is 0 Å². The highest BCUT2D eigenvalue weighted by Gasteiger charge is 2.05. The summed E-state index contributed by atoms with van der Waals surface area (Å²) in [5, 5.41) is 3.62. The zero-order valence-electron chi connectivity index (χ0n) is 14.8. The minimum Gasteiger partial charge on any atom is -0.256 e. The molecule has 0 aliphatic rings. The number of rotatable bonds is 3. The standard InChI is InChI=1S/C25H18N2/c1-2-13-26-24(8-1)22-6-3-5-18(16-22)15-19-9-10-20-11-12-21-7-4-14-27-25(21)23(20)17-19/h1-14,16-17H,15H2. The minimum atomic E-state index is 0.889. The van der Waals surface area contributed by atoms with Crippen LogP contribution in [0.4, 0.5) is 0 Å². The summed E-state index contributed by atoms with van der Waals surface area (Å²) in [6.45, 7) is 0. The Morgan fingerprint density at radius 2 is 1.44 bits per heavy atom. The lowest BCUT2D eigenvalue weighted by atomic mass is 9.98. The van der Waals surface area contributed by atoms with Crippen molar-refractivity contribution in [1.29, 1.82) is 0 Å². The van der Waals surface area contributed by atoms with Crippen LogP contribution in [0.2, 0.25) is 0 Å². The fraction of sp³-hybridized carbons (Fsp3) is 0.0400. The molecule has 0 bridgehead atoms. The monoisotopic (exact) mass is 346 g/mol. The summed E-state index contributed by atoms with van der Waals surface area (Å²) in [6, 6.07) is 29.7. The Bertz CT molecular complexity index is 1240. The van der Waals surface area contributed by atoms with Gasteiger partial charge in [0.2, 0.25) is 0 Å². The maximum absolute atomic E-state index is 4.60. The van der Waals surface area contributed by atoms with Crippen LogP contribution < -0.4 is 0 Å². The summed E-state index contributed by atoms with van der Waals surface area (Å²) in [4.78, 5) is 9.07. The fourth-order valence-electron chi connectivity index (χ4n) is 3.63. The molecule has 0 N–H and O–H groups in total. The van der Waals surface area contributed by atoms with Gasteiger partial charge in [0.05, 0.1) is 11.2 Å². The minimum absolute atomic E-state index is 0.889. The van der Waals surface area contributed by atoms with Crippen molar-refractivity contribution in [3.63, 3.8) is 0 Å². The Morgan fingerprint density at radius 1 is 0.593 bits per heavy atom. The molecule has 0 aliphatic heterocycles. The third-order valence-corrected chi connectivity index (χ3v) is 4.95. The van der Waals surface area contributed by atoms with E-state index in [9.17, 15) is 0 Å². The van der Waals surface area contributed by atoms with E-state index in [1.807, 2.05) is 36.7 Å². The molecule has 0 amide bonds. The molecule has 2 aromatic heterocycles. The number of hydrogen-bond acceptors (Lipinski definition) is 2. The molecule has 27 heavy (non-hydrogen) atoms. The smallest absolute Gasteiger partial charge is 0.0780 e. The van der Waals surface area contributed by atoms with Crippen molar-refractivity contribution < 1.29 is 0 Å². The second-order valence-corrected chi connectivity index (χ2v) is 6.79. The SMILES string of the molecule is c1ccc(-c2cccc(Cc3ccc4ccc5cccnc5c4c3)c2)nc1. The van der Waals surface area contributed by atoms with Crippen molar-refractivity contribution in [3.05, 3.63) is 108 Å². The molecule has 0 atom stereocenters. The van der Waals surface area contributed by atoms with Gasteiger partial charge in [-0.3, -0.25) is 9.97 Å². The maximum atomic E-state index is 4.60. The molecule has 3 aromatic carbocycles. The number of aromatic nitrogens is 2. The predicted molar refractivity (Wildman–Crippen MR) is 112 cm³/mol. The molecule has 128 valence electrons. The van der Waals surface area contributed by atoms with Crippen LogP contribution in [0.25, 0.3) is 32.9 Å². The van der Waals surface area contributed by atoms with Crippen LogP contribution in [-0.2, 0) is 6.42 Å². The summed E-state index contributed by atoms with van der Waals surface area (Å²) >= 11 is 0. The van der Waals surface area contributed by atoms with Gasteiger partial charge in [-0.1, -0.05) is 54.6 Å². The van der Waals surface area contributed by atoms with Gasteiger partial charge < -0.3 is 0 Å². The molecule has 2 heteroatoms. The molecule has 0 unspecified atom stereocenters. The van der Waals surface area contributed by atoms with Gasteiger partial charge >= 0.3 is 0 Å². The van der Waals surface area contributed by atoms with Crippen LogP contribution in [0.1, 0.15) is 11.1 Å². The largest absolute Gasteiger partial charge is 0.256 e. The topological polar surface area (TPSA) is 25.8 Å². The van der Waals surface area contributed by atoms with Crippen LogP contribution >= 0.6 is 0 Å². The lowest BCUT2D eigenvalue weighted by Gasteiger charge is -2.08. The van der Waals surface area contributed by atoms with Crippen LogP contribution in [0.5, 0.6) is 0 Å². The molecule has 0 saturated carbocycles. The van der Waals surface area contributed by atoms with Crippen LogP contribution in [0.15, 0.2) is 97.3 Å². The highest BCUT2D eigenvalue weighted by atomic mass is 14.7. The molecule has 0 radical (unpaired) electrons. The summed E-state index contributed by atoms with van der Waals surface area (Å²) in [7, 11) is 0. The second-order valence-electron chi connectivity index (χ2n) is 6.79.